The molecule has 2 nitrogen and oxygen atoms in total. The average molecular weight is 180 g/mol. The number of para-hydroxylation sites is 1. The fraction of sp³-hybridized carbons (Fsp3) is 0.455. The van der Waals surface area contributed by atoms with E-state index in [1.807, 2.05) is 39.8 Å². The maximum absolute atomic E-state index is 9.64. The zero-order chi connectivity index (χ0) is 10.1. The monoisotopic (exact) mass is 180 g/mol. The number of phenolic OH excluding ortho intramolecular Hbond substituents is 1. The van der Waals surface area contributed by atoms with E-state index >= 15 is 0 Å². The molecule has 2 heteroatoms. The molecule has 0 radical (unpaired) electrons. The Kier molecular flexibility index (Phi) is 2.50. The van der Waals surface area contributed by atoms with Gasteiger partial charge in [-0.15, -0.1) is 0 Å². The number of hydrogen-bond donors (Lipinski definition) is 1. The van der Waals surface area contributed by atoms with Gasteiger partial charge in [-0.2, -0.15) is 0 Å². The molecule has 0 aliphatic heterocycles. The van der Waals surface area contributed by atoms with E-state index in [2.05, 4.69) is 0 Å². The van der Waals surface area contributed by atoms with Gasteiger partial charge in [-0.3, -0.25) is 0 Å². The predicted molar refractivity (Wildman–Crippen MR) is 53.2 cm³/mol. The van der Waals surface area contributed by atoms with Crippen LogP contribution in [0.25, 0.3) is 0 Å². The highest BCUT2D eigenvalue weighted by molar-refractivity contribution is 5.44. The third-order valence-electron chi connectivity index (χ3n) is 1.62. The van der Waals surface area contributed by atoms with E-state index in [9.17, 15) is 5.11 Å². The van der Waals surface area contributed by atoms with Crippen molar-refractivity contribution in [1.29, 1.82) is 0 Å². The highest BCUT2D eigenvalue weighted by Gasteiger charge is 2.14. The van der Waals surface area contributed by atoms with Gasteiger partial charge in [0.15, 0.2) is 11.5 Å². The Morgan fingerprint density at radius 1 is 1.23 bits per heavy atom. The van der Waals surface area contributed by atoms with Crippen molar-refractivity contribution < 1.29 is 9.84 Å². The topological polar surface area (TPSA) is 29.5 Å². The van der Waals surface area contributed by atoms with Crippen LogP contribution in [0.4, 0.5) is 0 Å². The van der Waals surface area contributed by atoms with E-state index in [1.165, 1.54) is 0 Å². The van der Waals surface area contributed by atoms with Crippen molar-refractivity contribution in [3.63, 3.8) is 0 Å². The number of benzene rings is 1. The van der Waals surface area contributed by atoms with Crippen molar-refractivity contribution in [2.75, 3.05) is 0 Å². The number of aryl methyl sites for hydroxylation is 1. The Hall–Kier alpha value is -1.18. The summed E-state index contributed by atoms with van der Waals surface area (Å²) in [7, 11) is 0. The Labute approximate surface area is 79.2 Å². The molecular weight excluding hydrogens is 164 g/mol. The fourth-order valence-corrected chi connectivity index (χ4v) is 1.04. The zero-order valence-electron chi connectivity index (χ0n) is 8.59. The first-order valence-electron chi connectivity index (χ1n) is 4.38. The summed E-state index contributed by atoms with van der Waals surface area (Å²) in [6.07, 6.45) is 0. The molecular formula is C11H16O2. The summed E-state index contributed by atoms with van der Waals surface area (Å²) in [5, 5.41) is 9.64. The molecule has 0 amide bonds. The first kappa shape index (κ1) is 9.90. The number of ether oxygens (including phenoxy) is 1. The second-order valence-corrected chi connectivity index (χ2v) is 4.14. The molecule has 1 aromatic carbocycles. The smallest absolute Gasteiger partial charge is 0.161 e. The van der Waals surface area contributed by atoms with Gasteiger partial charge in [0.25, 0.3) is 0 Å². The molecule has 0 aromatic heterocycles. The molecule has 0 spiro atoms. The number of hydrogen-bond acceptors (Lipinski definition) is 2. The van der Waals surface area contributed by atoms with E-state index in [-0.39, 0.29) is 11.4 Å². The third-order valence-corrected chi connectivity index (χ3v) is 1.62. The highest BCUT2D eigenvalue weighted by Crippen LogP contribution is 2.31. The molecule has 0 atom stereocenters. The molecule has 0 unspecified atom stereocenters. The quantitative estimate of drug-likeness (QED) is 0.720. The molecule has 1 aromatic rings. The summed E-state index contributed by atoms with van der Waals surface area (Å²) in [5.74, 6) is 0.782. The largest absolute Gasteiger partial charge is 0.504 e. The molecule has 0 aliphatic rings. The molecule has 1 rings (SSSR count). The summed E-state index contributed by atoms with van der Waals surface area (Å²) in [6.45, 7) is 7.71. The van der Waals surface area contributed by atoms with Crippen LogP contribution in [0.1, 0.15) is 26.3 Å². The van der Waals surface area contributed by atoms with Crippen LogP contribution in [0.5, 0.6) is 11.5 Å². The zero-order valence-corrected chi connectivity index (χ0v) is 8.59. The van der Waals surface area contributed by atoms with Crippen molar-refractivity contribution in [1.82, 2.24) is 0 Å². The Balaban J connectivity index is 2.96. The fourth-order valence-electron chi connectivity index (χ4n) is 1.04. The maximum Gasteiger partial charge on any atom is 0.161 e. The van der Waals surface area contributed by atoms with Crippen LogP contribution in [0.2, 0.25) is 0 Å². The van der Waals surface area contributed by atoms with Crippen molar-refractivity contribution >= 4 is 0 Å². The van der Waals surface area contributed by atoms with Crippen LogP contribution in [0.3, 0.4) is 0 Å². The van der Waals surface area contributed by atoms with Gasteiger partial charge < -0.3 is 9.84 Å². The summed E-state index contributed by atoms with van der Waals surface area (Å²) in [4.78, 5) is 0. The molecule has 0 saturated carbocycles. The van der Waals surface area contributed by atoms with Gasteiger partial charge in [0.05, 0.1) is 0 Å². The van der Waals surface area contributed by atoms with Gasteiger partial charge in [-0.1, -0.05) is 12.1 Å². The molecule has 0 heterocycles. The van der Waals surface area contributed by atoms with Crippen molar-refractivity contribution in [2.45, 2.75) is 33.3 Å². The first-order valence-corrected chi connectivity index (χ1v) is 4.38. The SMILES string of the molecule is Cc1cccc(OC(C)(C)C)c1O. The summed E-state index contributed by atoms with van der Waals surface area (Å²) in [6, 6.07) is 5.49. The standard InChI is InChI=1S/C11H16O2/c1-8-6-5-7-9(10(8)12)13-11(2,3)4/h5-7,12H,1-4H3. The van der Waals surface area contributed by atoms with Crippen LogP contribution in [0, 0.1) is 6.92 Å². The van der Waals surface area contributed by atoms with E-state index < -0.39 is 0 Å². The lowest BCUT2D eigenvalue weighted by molar-refractivity contribution is 0.125. The Morgan fingerprint density at radius 3 is 2.38 bits per heavy atom. The van der Waals surface area contributed by atoms with Crippen LogP contribution in [0.15, 0.2) is 18.2 Å². The van der Waals surface area contributed by atoms with Crippen molar-refractivity contribution in [3.8, 4) is 11.5 Å². The van der Waals surface area contributed by atoms with Gasteiger partial charge in [-0.25, -0.2) is 0 Å². The van der Waals surface area contributed by atoms with Crippen LogP contribution < -0.4 is 4.74 Å². The van der Waals surface area contributed by atoms with Crippen LogP contribution >= 0.6 is 0 Å². The normalized spacial score (nSPS) is 11.4. The average Bonchev–Trinajstić information content (AvgIpc) is 1.96. The van der Waals surface area contributed by atoms with Crippen molar-refractivity contribution in [3.05, 3.63) is 23.8 Å². The number of phenols is 1. The molecule has 0 fully saturated rings. The van der Waals surface area contributed by atoms with E-state index in [0.717, 1.165) is 5.56 Å². The maximum atomic E-state index is 9.64. The first-order chi connectivity index (χ1) is 5.90. The van der Waals surface area contributed by atoms with E-state index in [0.29, 0.717) is 5.75 Å². The Bertz CT molecular complexity index is 297. The van der Waals surface area contributed by atoms with Gasteiger partial charge in [-0.05, 0) is 39.3 Å². The number of aromatic hydroxyl groups is 1. The third kappa shape index (κ3) is 2.65. The molecule has 1 N–H and O–H groups in total. The summed E-state index contributed by atoms with van der Waals surface area (Å²) >= 11 is 0. The van der Waals surface area contributed by atoms with Gasteiger partial charge in [0, 0.05) is 0 Å². The Morgan fingerprint density at radius 2 is 1.85 bits per heavy atom. The van der Waals surface area contributed by atoms with Crippen molar-refractivity contribution in [2.24, 2.45) is 0 Å². The van der Waals surface area contributed by atoms with E-state index in [4.69, 9.17) is 4.74 Å². The van der Waals surface area contributed by atoms with Crippen LogP contribution in [-0.4, -0.2) is 10.7 Å². The van der Waals surface area contributed by atoms with Crippen LogP contribution in [-0.2, 0) is 0 Å². The molecule has 0 aliphatic carbocycles. The molecule has 72 valence electrons. The molecule has 0 saturated heterocycles. The lowest BCUT2D eigenvalue weighted by Gasteiger charge is -2.22. The summed E-state index contributed by atoms with van der Waals surface area (Å²) in [5.41, 5.74) is 0.562. The van der Waals surface area contributed by atoms with Gasteiger partial charge in [0.2, 0.25) is 0 Å². The van der Waals surface area contributed by atoms with E-state index in [1.54, 1.807) is 6.07 Å². The van der Waals surface area contributed by atoms with Gasteiger partial charge in [0.1, 0.15) is 5.60 Å². The minimum Gasteiger partial charge on any atom is -0.504 e. The minimum atomic E-state index is -0.273. The minimum absolute atomic E-state index is 0.234. The summed E-state index contributed by atoms with van der Waals surface area (Å²) < 4.78 is 5.56. The van der Waals surface area contributed by atoms with Gasteiger partial charge >= 0.3 is 0 Å². The lowest BCUT2D eigenvalue weighted by Crippen LogP contribution is -2.23. The second kappa shape index (κ2) is 3.29. The second-order valence-electron chi connectivity index (χ2n) is 4.14. The number of rotatable bonds is 1. The predicted octanol–water partition coefficient (Wildman–Crippen LogP) is 2.88. The molecule has 13 heavy (non-hydrogen) atoms. The highest BCUT2D eigenvalue weighted by atomic mass is 16.5. The lowest BCUT2D eigenvalue weighted by atomic mass is 10.1. The molecule has 0 bridgehead atoms.